The summed E-state index contributed by atoms with van der Waals surface area (Å²) in [7, 11) is -3.89. The van der Waals surface area contributed by atoms with E-state index < -0.39 is 10.4 Å². The third-order valence-electron chi connectivity index (χ3n) is 2.01. The van der Waals surface area contributed by atoms with Gasteiger partial charge < -0.3 is 8.37 Å². The minimum absolute atomic E-state index is 0.230. The molecule has 0 radical (unpaired) electrons. The minimum Gasteiger partial charge on any atom is -0.349 e. The third-order valence-corrected chi connectivity index (χ3v) is 2.76. The molecule has 0 aromatic heterocycles. The molecule has 0 saturated heterocycles. The highest BCUT2D eigenvalue weighted by molar-refractivity contribution is 7.82. The normalized spacial score (nSPS) is 16.6. The van der Waals surface area contributed by atoms with Gasteiger partial charge in [-0.15, -0.1) is 8.42 Å². The van der Waals surface area contributed by atoms with Crippen LogP contribution in [-0.2, 0) is 10.4 Å². The van der Waals surface area contributed by atoms with Crippen LogP contribution in [0.5, 0.6) is 11.5 Å². The molecule has 1 aliphatic heterocycles. The monoisotopic (exact) mass is 212 g/mol. The van der Waals surface area contributed by atoms with E-state index in [-0.39, 0.29) is 11.5 Å². The van der Waals surface area contributed by atoms with Crippen LogP contribution in [0.15, 0.2) is 18.7 Å². The second kappa shape index (κ2) is 2.75. The Balaban J connectivity index is 2.65. The van der Waals surface area contributed by atoms with E-state index in [0.717, 1.165) is 5.56 Å². The molecule has 0 aliphatic carbocycles. The smallest absolute Gasteiger partial charge is 0.349 e. The molecule has 0 unspecified atom stereocenters. The van der Waals surface area contributed by atoms with Gasteiger partial charge in [-0.3, -0.25) is 0 Å². The Bertz CT molecular complexity index is 502. The fourth-order valence-electron chi connectivity index (χ4n) is 1.30. The number of benzene rings is 1. The second-order valence-corrected chi connectivity index (χ2v) is 4.04. The first-order valence-electron chi connectivity index (χ1n) is 3.93. The van der Waals surface area contributed by atoms with Gasteiger partial charge in [0.1, 0.15) is 0 Å². The lowest BCUT2D eigenvalue weighted by Crippen LogP contribution is -2.08. The standard InChI is InChI=1S/C9H8O4S/c1-3-7-4-5-8-9(6(7)2)13-14(10,11)12-8/h3-5H,1H2,2H3. The highest BCUT2D eigenvalue weighted by atomic mass is 32.3. The van der Waals surface area contributed by atoms with Crippen molar-refractivity contribution in [1.29, 1.82) is 0 Å². The van der Waals surface area contributed by atoms with Gasteiger partial charge in [0.05, 0.1) is 0 Å². The first-order chi connectivity index (χ1) is 6.53. The van der Waals surface area contributed by atoms with Gasteiger partial charge in [-0.25, -0.2) is 0 Å². The zero-order valence-corrected chi connectivity index (χ0v) is 8.30. The fraction of sp³-hybridized carbons (Fsp3) is 0.111. The zero-order chi connectivity index (χ0) is 10.3. The summed E-state index contributed by atoms with van der Waals surface area (Å²) in [5, 5.41) is 0. The number of fused-ring (bicyclic) bond motifs is 1. The van der Waals surface area contributed by atoms with Gasteiger partial charge in [0.2, 0.25) is 0 Å². The Morgan fingerprint density at radius 3 is 2.71 bits per heavy atom. The van der Waals surface area contributed by atoms with Gasteiger partial charge in [0.15, 0.2) is 11.5 Å². The van der Waals surface area contributed by atoms with Crippen molar-refractivity contribution in [2.75, 3.05) is 0 Å². The van der Waals surface area contributed by atoms with Gasteiger partial charge >= 0.3 is 10.4 Å². The highest BCUT2D eigenvalue weighted by Crippen LogP contribution is 2.40. The molecule has 2 rings (SSSR count). The maximum Gasteiger partial charge on any atom is 0.501 e. The fourth-order valence-corrected chi connectivity index (χ4v) is 2.10. The van der Waals surface area contributed by atoms with Crippen LogP contribution in [0.2, 0.25) is 0 Å². The van der Waals surface area contributed by atoms with Crippen LogP contribution in [0.3, 0.4) is 0 Å². The lowest BCUT2D eigenvalue weighted by atomic mass is 10.1. The van der Waals surface area contributed by atoms with Gasteiger partial charge in [-0.1, -0.05) is 18.7 Å². The molecule has 0 N–H and O–H groups in total. The SMILES string of the molecule is C=Cc1ccc2c(c1C)OS(=O)(=O)O2. The quantitative estimate of drug-likeness (QED) is 0.710. The van der Waals surface area contributed by atoms with Crippen LogP contribution in [0, 0.1) is 6.92 Å². The summed E-state index contributed by atoms with van der Waals surface area (Å²) < 4.78 is 31.2. The van der Waals surface area contributed by atoms with E-state index in [0.29, 0.717) is 5.56 Å². The van der Waals surface area contributed by atoms with Gasteiger partial charge in [-0.05, 0) is 18.6 Å². The second-order valence-electron chi connectivity index (χ2n) is 2.89. The van der Waals surface area contributed by atoms with E-state index in [1.165, 1.54) is 0 Å². The van der Waals surface area contributed by atoms with Crippen molar-refractivity contribution in [3.63, 3.8) is 0 Å². The van der Waals surface area contributed by atoms with Crippen LogP contribution < -0.4 is 8.37 Å². The zero-order valence-electron chi connectivity index (χ0n) is 7.48. The Kier molecular flexibility index (Phi) is 1.78. The molecule has 74 valence electrons. The lowest BCUT2D eigenvalue weighted by molar-refractivity contribution is 0.436. The van der Waals surface area contributed by atoms with E-state index in [1.807, 2.05) is 0 Å². The van der Waals surface area contributed by atoms with Crippen molar-refractivity contribution in [1.82, 2.24) is 0 Å². The van der Waals surface area contributed by atoms with Crippen LogP contribution in [0.25, 0.3) is 6.08 Å². The van der Waals surface area contributed by atoms with E-state index >= 15 is 0 Å². The van der Waals surface area contributed by atoms with Crippen molar-refractivity contribution >= 4 is 16.5 Å². The predicted molar refractivity (Wildman–Crippen MR) is 51.4 cm³/mol. The summed E-state index contributed by atoms with van der Waals surface area (Å²) in [6.45, 7) is 5.36. The Morgan fingerprint density at radius 2 is 2.07 bits per heavy atom. The third kappa shape index (κ3) is 1.26. The van der Waals surface area contributed by atoms with Gasteiger partial charge in [-0.2, -0.15) is 0 Å². The summed E-state index contributed by atoms with van der Waals surface area (Å²) in [6.07, 6.45) is 1.63. The van der Waals surface area contributed by atoms with Crippen molar-refractivity contribution in [3.05, 3.63) is 29.8 Å². The Labute approximate surface area is 82.1 Å². The predicted octanol–water partition coefficient (Wildman–Crippen LogP) is 1.65. The topological polar surface area (TPSA) is 52.6 Å². The first-order valence-corrected chi connectivity index (χ1v) is 5.27. The molecule has 0 bridgehead atoms. The molecule has 0 spiro atoms. The largest absolute Gasteiger partial charge is 0.501 e. The van der Waals surface area contributed by atoms with Crippen LogP contribution >= 0.6 is 0 Å². The Hall–Kier alpha value is -1.49. The molecule has 14 heavy (non-hydrogen) atoms. The molecular formula is C9H8O4S. The maximum absolute atomic E-state index is 11.0. The maximum atomic E-state index is 11.0. The van der Waals surface area contributed by atoms with E-state index in [2.05, 4.69) is 14.9 Å². The molecule has 1 heterocycles. The van der Waals surface area contributed by atoms with Gasteiger partial charge in [0, 0.05) is 5.56 Å². The Morgan fingerprint density at radius 1 is 1.36 bits per heavy atom. The summed E-state index contributed by atoms with van der Waals surface area (Å²) in [5.74, 6) is 0.482. The van der Waals surface area contributed by atoms with E-state index in [1.54, 1.807) is 25.1 Å². The summed E-state index contributed by atoms with van der Waals surface area (Å²) >= 11 is 0. The molecule has 0 fully saturated rings. The summed E-state index contributed by atoms with van der Waals surface area (Å²) in [4.78, 5) is 0. The number of rotatable bonds is 1. The molecular weight excluding hydrogens is 204 g/mol. The average molecular weight is 212 g/mol. The molecule has 0 atom stereocenters. The number of hydrogen-bond donors (Lipinski definition) is 0. The first kappa shape index (κ1) is 9.08. The molecule has 1 aromatic rings. The van der Waals surface area contributed by atoms with Crippen molar-refractivity contribution in [2.24, 2.45) is 0 Å². The summed E-state index contributed by atoms with van der Waals surface area (Å²) in [6, 6.07) is 3.27. The molecule has 0 amide bonds. The van der Waals surface area contributed by atoms with Crippen molar-refractivity contribution in [2.45, 2.75) is 6.92 Å². The van der Waals surface area contributed by atoms with E-state index in [4.69, 9.17) is 0 Å². The molecule has 0 saturated carbocycles. The van der Waals surface area contributed by atoms with Crippen molar-refractivity contribution in [3.8, 4) is 11.5 Å². The van der Waals surface area contributed by atoms with Crippen LogP contribution in [-0.4, -0.2) is 8.42 Å². The summed E-state index contributed by atoms with van der Waals surface area (Å²) in [5.41, 5.74) is 1.53. The molecule has 5 heteroatoms. The van der Waals surface area contributed by atoms with E-state index in [9.17, 15) is 8.42 Å². The van der Waals surface area contributed by atoms with Gasteiger partial charge in [0.25, 0.3) is 0 Å². The molecule has 4 nitrogen and oxygen atoms in total. The van der Waals surface area contributed by atoms with Crippen LogP contribution in [0.1, 0.15) is 11.1 Å². The molecule has 1 aliphatic rings. The molecule has 1 aromatic carbocycles. The number of hydrogen-bond acceptors (Lipinski definition) is 4. The average Bonchev–Trinajstić information content (AvgIpc) is 2.42. The van der Waals surface area contributed by atoms with Crippen LogP contribution in [0.4, 0.5) is 0 Å². The van der Waals surface area contributed by atoms with Crippen molar-refractivity contribution < 1.29 is 16.8 Å². The highest BCUT2D eigenvalue weighted by Gasteiger charge is 2.30. The minimum atomic E-state index is -3.89. The lowest BCUT2D eigenvalue weighted by Gasteiger charge is -2.01.